The molecule has 0 aliphatic heterocycles. The van der Waals surface area contributed by atoms with E-state index in [0.717, 1.165) is 6.42 Å². The Kier molecular flexibility index (Phi) is 4.92. The minimum atomic E-state index is -0.220. The first kappa shape index (κ1) is 12.1. The fraction of sp³-hybridized carbons (Fsp3) is 0.250. The molecule has 4 nitrogen and oxygen atoms in total. The van der Waals surface area contributed by atoms with Gasteiger partial charge in [-0.25, -0.2) is 4.99 Å². The van der Waals surface area contributed by atoms with Crippen LogP contribution in [0.2, 0.25) is 0 Å². The molecule has 0 unspecified atom stereocenters. The molecular formula is C12H15N3O. The van der Waals surface area contributed by atoms with Crippen LogP contribution in [0.25, 0.3) is 0 Å². The van der Waals surface area contributed by atoms with Crippen molar-refractivity contribution in [2.24, 2.45) is 9.98 Å². The fourth-order valence-corrected chi connectivity index (χ4v) is 1.11. The Morgan fingerprint density at radius 2 is 2.06 bits per heavy atom. The molecular weight excluding hydrogens is 202 g/mol. The Labute approximate surface area is 95.1 Å². The SMILES string of the molecule is C=NC(=NCCC)NC(=O)c1ccccc1. The smallest absolute Gasteiger partial charge is 0.258 e. The van der Waals surface area contributed by atoms with E-state index in [-0.39, 0.29) is 11.9 Å². The normalized spacial score (nSPS) is 10.9. The summed E-state index contributed by atoms with van der Waals surface area (Å²) >= 11 is 0. The van der Waals surface area contributed by atoms with E-state index in [2.05, 4.69) is 22.0 Å². The number of aliphatic imine (C=N–C) groups is 2. The van der Waals surface area contributed by atoms with Crippen LogP contribution in [0.15, 0.2) is 40.3 Å². The third kappa shape index (κ3) is 3.65. The molecule has 0 bridgehead atoms. The maximum Gasteiger partial charge on any atom is 0.258 e. The van der Waals surface area contributed by atoms with E-state index in [4.69, 9.17) is 0 Å². The molecule has 0 saturated heterocycles. The van der Waals surface area contributed by atoms with Crippen LogP contribution < -0.4 is 5.32 Å². The average molecular weight is 217 g/mol. The highest BCUT2D eigenvalue weighted by molar-refractivity contribution is 6.06. The maximum atomic E-state index is 11.7. The van der Waals surface area contributed by atoms with Crippen LogP contribution in [0, 0.1) is 0 Å². The minimum Gasteiger partial charge on any atom is -0.291 e. The second kappa shape index (κ2) is 6.50. The van der Waals surface area contributed by atoms with E-state index in [0.29, 0.717) is 12.1 Å². The summed E-state index contributed by atoms with van der Waals surface area (Å²) in [6.45, 7) is 6.00. The van der Waals surface area contributed by atoms with Crippen LogP contribution in [0.4, 0.5) is 0 Å². The Bertz CT molecular complexity index is 385. The van der Waals surface area contributed by atoms with Crippen molar-refractivity contribution >= 4 is 18.6 Å². The van der Waals surface area contributed by atoms with Gasteiger partial charge in [0.2, 0.25) is 5.96 Å². The standard InChI is InChI=1S/C12H15N3O/c1-3-9-14-12(13-2)15-11(16)10-7-5-4-6-8-10/h4-8H,2-3,9H2,1H3,(H,14,15,16). The first-order valence-corrected chi connectivity index (χ1v) is 5.15. The van der Waals surface area contributed by atoms with Gasteiger partial charge in [-0.3, -0.25) is 15.1 Å². The number of carbonyl (C=O) groups is 1. The van der Waals surface area contributed by atoms with Gasteiger partial charge >= 0.3 is 0 Å². The lowest BCUT2D eigenvalue weighted by Crippen LogP contribution is -2.29. The monoisotopic (exact) mass is 217 g/mol. The zero-order valence-corrected chi connectivity index (χ0v) is 9.31. The molecule has 0 fully saturated rings. The Morgan fingerprint density at radius 3 is 2.62 bits per heavy atom. The zero-order chi connectivity index (χ0) is 11.8. The predicted octanol–water partition coefficient (Wildman–Crippen LogP) is 1.88. The highest BCUT2D eigenvalue weighted by Crippen LogP contribution is 1.97. The van der Waals surface area contributed by atoms with E-state index < -0.39 is 0 Å². The van der Waals surface area contributed by atoms with Crippen LogP contribution >= 0.6 is 0 Å². The van der Waals surface area contributed by atoms with Gasteiger partial charge in [0.15, 0.2) is 0 Å². The number of benzene rings is 1. The highest BCUT2D eigenvalue weighted by atomic mass is 16.1. The summed E-state index contributed by atoms with van der Waals surface area (Å²) in [6, 6.07) is 8.93. The second-order valence-corrected chi connectivity index (χ2v) is 3.18. The average Bonchev–Trinajstić information content (AvgIpc) is 2.35. The van der Waals surface area contributed by atoms with Gasteiger partial charge in [0.05, 0.1) is 0 Å². The summed E-state index contributed by atoms with van der Waals surface area (Å²) in [6.07, 6.45) is 0.903. The Morgan fingerprint density at radius 1 is 1.38 bits per heavy atom. The van der Waals surface area contributed by atoms with Gasteiger partial charge in [-0.1, -0.05) is 25.1 Å². The molecule has 0 aliphatic rings. The topological polar surface area (TPSA) is 53.8 Å². The summed E-state index contributed by atoms with van der Waals surface area (Å²) in [5.74, 6) is 0.0542. The zero-order valence-electron chi connectivity index (χ0n) is 9.31. The molecule has 16 heavy (non-hydrogen) atoms. The minimum absolute atomic E-state index is 0.220. The van der Waals surface area contributed by atoms with Gasteiger partial charge in [0, 0.05) is 12.1 Å². The number of amides is 1. The first-order valence-electron chi connectivity index (χ1n) is 5.15. The van der Waals surface area contributed by atoms with Gasteiger partial charge < -0.3 is 0 Å². The van der Waals surface area contributed by atoms with Gasteiger partial charge in [-0.05, 0) is 25.3 Å². The van der Waals surface area contributed by atoms with Gasteiger partial charge in [0.25, 0.3) is 5.91 Å². The number of nitrogens with one attached hydrogen (secondary N) is 1. The van der Waals surface area contributed by atoms with Crippen LogP contribution in [0.3, 0.4) is 0 Å². The molecule has 0 heterocycles. The third-order valence-corrected chi connectivity index (χ3v) is 1.90. The van der Waals surface area contributed by atoms with E-state index in [1.165, 1.54) is 0 Å². The largest absolute Gasteiger partial charge is 0.291 e. The van der Waals surface area contributed by atoms with Crippen molar-refractivity contribution in [2.45, 2.75) is 13.3 Å². The molecule has 0 aliphatic carbocycles. The van der Waals surface area contributed by atoms with Gasteiger partial charge in [-0.2, -0.15) is 0 Å². The molecule has 1 rings (SSSR count). The molecule has 1 N–H and O–H groups in total. The van der Waals surface area contributed by atoms with Crippen molar-refractivity contribution in [3.63, 3.8) is 0 Å². The van der Waals surface area contributed by atoms with Crippen LogP contribution in [0.5, 0.6) is 0 Å². The molecule has 0 atom stereocenters. The molecule has 0 spiro atoms. The molecule has 0 aromatic heterocycles. The molecule has 1 amide bonds. The highest BCUT2D eigenvalue weighted by Gasteiger charge is 2.06. The lowest BCUT2D eigenvalue weighted by Gasteiger charge is -2.03. The van der Waals surface area contributed by atoms with Crippen LogP contribution in [0.1, 0.15) is 23.7 Å². The van der Waals surface area contributed by atoms with Crippen molar-refractivity contribution in [1.29, 1.82) is 0 Å². The van der Waals surface area contributed by atoms with E-state index in [1.807, 2.05) is 13.0 Å². The molecule has 1 aromatic carbocycles. The van der Waals surface area contributed by atoms with E-state index in [9.17, 15) is 4.79 Å². The second-order valence-electron chi connectivity index (χ2n) is 3.18. The number of hydrogen-bond acceptors (Lipinski definition) is 2. The number of carbonyl (C=O) groups excluding carboxylic acids is 1. The number of hydrogen-bond donors (Lipinski definition) is 1. The van der Waals surface area contributed by atoms with Crippen LogP contribution in [-0.4, -0.2) is 25.1 Å². The van der Waals surface area contributed by atoms with Crippen molar-refractivity contribution in [3.05, 3.63) is 35.9 Å². The van der Waals surface area contributed by atoms with Gasteiger partial charge in [-0.15, -0.1) is 0 Å². The number of rotatable bonds is 3. The Balaban J connectivity index is 2.66. The summed E-state index contributed by atoms with van der Waals surface area (Å²) in [5, 5.41) is 2.60. The molecule has 4 heteroatoms. The lowest BCUT2D eigenvalue weighted by atomic mass is 10.2. The predicted molar refractivity (Wildman–Crippen MR) is 66.1 cm³/mol. The molecule has 1 aromatic rings. The fourth-order valence-electron chi connectivity index (χ4n) is 1.11. The molecule has 84 valence electrons. The quantitative estimate of drug-likeness (QED) is 0.610. The third-order valence-electron chi connectivity index (χ3n) is 1.90. The summed E-state index contributed by atoms with van der Waals surface area (Å²) in [7, 11) is 0. The summed E-state index contributed by atoms with van der Waals surface area (Å²) in [5.41, 5.74) is 0.579. The van der Waals surface area contributed by atoms with E-state index in [1.54, 1.807) is 24.3 Å². The van der Waals surface area contributed by atoms with Crippen LogP contribution in [-0.2, 0) is 0 Å². The summed E-state index contributed by atoms with van der Waals surface area (Å²) in [4.78, 5) is 19.4. The maximum absolute atomic E-state index is 11.7. The van der Waals surface area contributed by atoms with Crippen molar-refractivity contribution < 1.29 is 4.79 Å². The first-order chi connectivity index (χ1) is 7.77. The lowest BCUT2D eigenvalue weighted by molar-refractivity contribution is 0.0976. The van der Waals surface area contributed by atoms with E-state index >= 15 is 0 Å². The van der Waals surface area contributed by atoms with Crippen molar-refractivity contribution in [2.75, 3.05) is 6.54 Å². The molecule has 0 radical (unpaired) electrons. The number of nitrogens with zero attached hydrogens (tertiary/aromatic N) is 2. The number of guanidine groups is 1. The van der Waals surface area contributed by atoms with Crippen molar-refractivity contribution in [1.82, 2.24) is 5.32 Å². The van der Waals surface area contributed by atoms with Crippen molar-refractivity contribution in [3.8, 4) is 0 Å². The van der Waals surface area contributed by atoms with Gasteiger partial charge in [0.1, 0.15) is 0 Å². The molecule has 0 saturated carbocycles. The summed E-state index contributed by atoms with van der Waals surface area (Å²) < 4.78 is 0. The Hall–Kier alpha value is -1.97.